The second-order valence-corrected chi connectivity index (χ2v) is 10.8. The van der Waals surface area contributed by atoms with Gasteiger partial charge < -0.3 is 10.4 Å². The molecule has 1 unspecified atom stereocenters. The van der Waals surface area contributed by atoms with Gasteiger partial charge in [0, 0.05) is 17.2 Å². The van der Waals surface area contributed by atoms with Crippen molar-refractivity contribution in [1.29, 1.82) is 0 Å². The summed E-state index contributed by atoms with van der Waals surface area (Å²) >= 11 is 1.65. The number of carboxylic acids is 1. The maximum Gasteiger partial charge on any atom is 0.303 e. The number of allylic oxidation sites excluding steroid dienone is 2. The van der Waals surface area contributed by atoms with E-state index in [1.807, 2.05) is 12.1 Å². The van der Waals surface area contributed by atoms with Crippen molar-refractivity contribution in [2.75, 3.05) is 0 Å². The van der Waals surface area contributed by atoms with Crippen LogP contribution in [-0.2, 0) is 4.79 Å². The van der Waals surface area contributed by atoms with Crippen LogP contribution in [0.3, 0.4) is 0 Å². The Labute approximate surface area is 188 Å². The van der Waals surface area contributed by atoms with Gasteiger partial charge >= 0.3 is 5.97 Å². The first-order valence-electron chi connectivity index (χ1n) is 11.4. The molecule has 2 bridgehead atoms. The number of hydrogen-bond donors (Lipinski definition) is 2. The molecular formula is C26H33NO3S. The van der Waals surface area contributed by atoms with Gasteiger partial charge in [0.1, 0.15) is 0 Å². The van der Waals surface area contributed by atoms with Gasteiger partial charge in [0.25, 0.3) is 5.91 Å². The monoisotopic (exact) mass is 439 g/mol. The molecule has 3 saturated carbocycles. The zero-order valence-corrected chi connectivity index (χ0v) is 19.5. The molecule has 166 valence electrons. The minimum Gasteiger partial charge on any atom is -0.481 e. The summed E-state index contributed by atoms with van der Waals surface area (Å²) in [6, 6.07) is 6.21. The predicted molar refractivity (Wildman–Crippen MR) is 127 cm³/mol. The molecule has 3 fully saturated rings. The lowest BCUT2D eigenvalue weighted by atomic mass is 9.44. The molecule has 3 aliphatic rings. The lowest BCUT2D eigenvalue weighted by molar-refractivity contribution is -0.137. The zero-order chi connectivity index (χ0) is 22.2. The fourth-order valence-corrected chi connectivity index (χ4v) is 6.86. The van der Waals surface area contributed by atoms with Crippen LogP contribution in [0.5, 0.6) is 0 Å². The topological polar surface area (TPSA) is 66.4 Å². The van der Waals surface area contributed by atoms with Crippen molar-refractivity contribution < 1.29 is 14.7 Å². The third kappa shape index (κ3) is 4.30. The van der Waals surface area contributed by atoms with E-state index in [0.29, 0.717) is 29.6 Å². The quantitative estimate of drug-likeness (QED) is 0.381. The first kappa shape index (κ1) is 22.1. The smallest absolute Gasteiger partial charge is 0.303 e. The summed E-state index contributed by atoms with van der Waals surface area (Å²) in [5, 5.41) is 15.5. The van der Waals surface area contributed by atoms with Crippen molar-refractivity contribution in [3.8, 4) is 0 Å². The molecule has 1 heterocycles. The molecule has 4 nitrogen and oxygen atoms in total. The summed E-state index contributed by atoms with van der Waals surface area (Å²) in [6.45, 7) is 6.85. The highest BCUT2D eigenvalue weighted by Gasteiger charge is 2.57. The number of aryl methyl sites for hydroxylation is 1. The number of carbonyl (C=O) groups is 2. The maximum absolute atomic E-state index is 13.3. The number of carbonyl (C=O) groups excluding carboxylic acids is 1. The minimum absolute atomic E-state index is 0.0481. The molecule has 31 heavy (non-hydrogen) atoms. The summed E-state index contributed by atoms with van der Waals surface area (Å²) in [4.78, 5) is 23.9. The number of amides is 1. The van der Waals surface area contributed by atoms with E-state index in [2.05, 4.69) is 49.7 Å². The molecule has 5 heteroatoms. The fourth-order valence-electron chi connectivity index (χ4n) is 5.79. The van der Waals surface area contributed by atoms with Gasteiger partial charge in [-0.05, 0) is 84.6 Å². The van der Waals surface area contributed by atoms with Crippen molar-refractivity contribution in [3.05, 3.63) is 46.9 Å². The number of nitrogens with one attached hydrogen (secondary N) is 1. The van der Waals surface area contributed by atoms with Gasteiger partial charge in [-0.3, -0.25) is 9.59 Å². The molecule has 0 saturated heterocycles. The highest BCUT2D eigenvalue weighted by Crippen LogP contribution is 2.62. The van der Waals surface area contributed by atoms with Crippen molar-refractivity contribution in [3.63, 3.8) is 0 Å². The fraction of sp³-hybridized carbons (Fsp3) is 0.538. The predicted octanol–water partition coefficient (Wildman–Crippen LogP) is 6.19. The molecule has 4 atom stereocenters. The zero-order valence-electron chi connectivity index (χ0n) is 18.7. The number of carboxylic acid groups (broad SMARTS) is 1. The average molecular weight is 440 g/mol. The number of hydrogen-bond acceptors (Lipinski definition) is 3. The maximum atomic E-state index is 13.3. The lowest BCUT2D eigenvalue weighted by Gasteiger charge is -2.62. The Morgan fingerprint density at radius 3 is 2.81 bits per heavy atom. The molecule has 1 amide bonds. The Morgan fingerprint density at radius 1 is 1.26 bits per heavy atom. The van der Waals surface area contributed by atoms with Crippen molar-refractivity contribution in [2.24, 2.45) is 23.2 Å². The van der Waals surface area contributed by atoms with E-state index in [4.69, 9.17) is 5.11 Å². The van der Waals surface area contributed by atoms with E-state index in [1.54, 1.807) is 11.3 Å². The van der Waals surface area contributed by atoms with Crippen LogP contribution in [0.1, 0.15) is 68.3 Å². The number of fused-ring (bicyclic) bond motifs is 3. The minimum atomic E-state index is -0.735. The van der Waals surface area contributed by atoms with Crippen LogP contribution in [0.15, 0.2) is 35.7 Å². The van der Waals surface area contributed by atoms with Crippen molar-refractivity contribution in [2.45, 2.75) is 65.3 Å². The number of benzene rings is 1. The summed E-state index contributed by atoms with van der Waals surface area (Å²) in [5.74, 6) is 1.05. The largest absolute Gasteiger partial charge is 0.481 e. The number of thiophene rings is 1. The molecule has 5 rings (SSSR count). The summed E-state index contributed by atoms with van der Waals surface area (Å²) in [7, 11) is 0. The molecule has 3 aliphatic carbocycles. The first-order chi connectivity index (χ1) is 14.8. The Bertz CT molecular complexity index is 1010. The Balaban J connectivity index is 1.46. The number of aliphatic carboxylic acids is 1. The molecule has 2 aromatic rings. The van der Waals surface area contributed by atoms with Crippen molar-refractivity contribution in [1.82, 2.24) is 5.32 Å². The summed E-state index contributed by atoms with van der Waals surface area (Å²) in [5.41, 5.74) is 2.35. The van der Waals surface area contributed by atoms with E-state index in [9.17, 15) is 9.59 Å². The molecular weight excluding hydrogens is 406 g/mol. The van der Waals surface area contributed by atoms with E-state index < -0.39 is 5.97 Å². The van der Waals surface area contributed by atoms with Gasteiger partial charge in [0.15, 0.2) is 0 Å². The number of rotatable bonds is 8. The van der Waals surface area contributed by atoms with Crippen LogP contribution >= 0.6 is 11.3 Å². The second-order valence-electron chi connectivity index (χ2n) is 9.93. The van der Waals surface area contributed by atoms with Gasteiger partial charge in [-0.25, -0.2) is 0 Å². The van der Waals surface area contributed by atoms with Gasteiger partial charge in [-0.2, -0.15) is 0 Å². The van der Waals surface area contributed by atoms with Crippen LogP contribution in [0.4, 0.5) is 0 Å². The van der Waals surface area contributed by atoms with E-state index in [1.165, 1.54) is 17.4 Å². The lowest BCUT2D eigenvalue weighted by Crippen LogP contribution is -2.61. The van der Waals surface area contributed by atoms with Crippen LogP contribution in [0.2, 0.25) is 0 Å². The average Bonchev–Trinajstić information content (AvgIpc) is 3.11. The van der Waals surface area contributed by atoms with Gasteiger partial charge in [-0.15, -0.1) is 11.3 Å². The first-order valence-corrected chi connectivity index (χ1v) is 12.3. The molecule has 1 aromatic carbocycles. The normalized spacial score (nSPS) is 26.7. The molecule has 2 N–H and O–H groups in total. The van der Waals surface area contributed by atoms with Crippen LogP contribution < -0.4 is 5.32 Å². The molecule has 0 spiro atoms. The third-order valence-corrected chi connectivity index (χ3v) is 8.96. The second kappa shape index (κ2) is 8.78. The van der Waals surface area contributed by atoms with Gasteiger partial charge in [0.05, 0.1) is 5.56 Å². The van der Waals surface area contributed by atoms with Crippen LogP contribution in [0, 0.1) is 30.1 Å². The Morgan fingerprint density at radius 2 is 2.06 bits per heavy atom. The highest BCUT2D eigenvalue weighted by atomic mass is 32.1. The SMILES string of the molecule is Cc1csc2c(C(=O)NC3C[C@@H]4C[C@H]([C@H]3CC=CCCCC(=O)O)C4(C)C)cccc12. The molecule has 0 radical (unpaired) electrons. The van der Waals surface area contributed by atoms with Gasteiger partial charge in [-0.1, -0.05) is 38.1 Å². The van der Waals surface area contributed by atoms with Gasteiger partial charge in [0.2, 0.25) is 0 Å². The molecule has 0 aliphatic heterocycles. The van der Waals surface area contributed by atoms with E-state index in [-0.39, 0.29) is 18.4 Å². The standard InChI is InChI=1S/C26H33NO3S/c1-16-15-31-24-18(16)10-8-11-20(24)25(30)27-22-14-17-13-21(26(17,2)3)19(22)9-6-4-5-7-12-23(28)29/h4,6,8,10-11,15,17,19,21-22H,5,7,9,12-14H2,1-3H3,(H,27,30)(H,28,29)/t17-,19+,21+,22?/m0/s1. The van der Waals surface area contributed by atoms with Crippen LogP contribution in [0.25, 0.3) is 10.1 Å². The highest BCUT2D eigenvalue weighted by molar-refractivity contribution is 7.17. The Hall–Kier alpha value is -2.14. The third-order valence-electron chi connectivity index (χ3n) is 7.81. The van der Waals surface area contributed by atoms with E-state index in [0.717, 1.165) is 29.5 Å². The number of unbranched alkanes of at least 4 members (excludes halogenated alkanes) is 1. The van der Waals surface area contributed by atoms with Crippen molar-refractivity contribution >= 4 is 33.3 Å². The van der Waals surface area contributed by atoms with Crippen LogP contribution in [-0.4, -0.2) is 23.0 Å². The summed E-state index contributed by atoms with van der Waals surface area (Å²) < 4.78 is 1.08. The molecule has 1 aromatic heterocycles. The van der Waals surface area contributed by atoms with E-state index >= 15 is 0 Å². The summed E-state index contributed by atoms with van der Waals surface area (Å²) in [6.07, 6.45) is 9.28. The Kier molecular flexibility index (Phi) is 6.25.